The molecule has 59 heavy (non-hydrogen) atoms. The fourth-order valence-electron chi connectivity index (χ4n) is 8.13. The topological polar surface area (TPSA) is 168 Å². The van der Waals surface area contributed by atoms with Crippen LogP contribution in [-0.4, -0.2) is 103 Å². The van der Waals surface area contributed by atoms with Gasteiger partial charge in [0.05, 0.1) is 31.5 Å². The zero-order chi connectivity index (χ0) is 42.8. The standard InChI is InChI=1S/C43H58ClN5O9S/c1-10-25-20-43(25,40(52)55-9)48-37(50)31-18-27(21-49(31)39(51)36(42(5,6)7)47-41(53)58-26-12-11-24(4)17-26)57-33-19-29(38-46-30(22-59-38)23(2)3)45-35-28(33)13-14-32(34(35)44)56-16-15-54-8/h13-14,19,22-27,31,36H,10-12,15-18,20-21H2,1-9H3,(H,47,53)(H,48,50)/t24-,25-,26+,27-,31+,36-,43-/m1/s1. The fourth-order valence-corrected chi connectivity index (χ4v) is 9.33. The van der Waals surface area contributed by atoms with Crippen molar-refractivity contribution in [3.8, 4) is 22.2 Å². The second-order valence-electron chi connectivity index (χ2n) is 17.5. The molecule has 0 bridgehead atoms. The predicted octanol–water partition coefficient (Wildman–Crippen LogP) is 7.30. The van der Waals surface area contributed by atoms with E-state index in [0.29, 0.717) is 58.5 Å². The number of hydrogen-bond acceptors (Lipinski definition) is 12. The van der Waals surface area contributed by atoms with Gasteiger partial charge in [-0.1, -0.05) is 66.5 Å². The fraction of sp³-hybridized carbons (Fsp3) is 0.628. The Morgan fingerprint density at radius 3 is 2.42 bits per heavy atom. The van der Waals surface area contributed by atoms with Crippen LogP contribution in [0.15, 0.2) is 23.6 Å². The summed E-state index contributed by atoms with van der Waals surface area (Å²) in [5.41, 5.74) is -0.0646. The molecule has 0 spiro atoms. The second kappa shape index (κ2) is 18.2. The van der Waals surface area contributed by atoms with Gasteiger partial charge in [-0.3, -0.25) is 9.59 Å². The van der Waals surface area contributed by atoms with Gasteiger partial charge in [0.1, 0.15) is 63.7 Å². The highest BCUT2D eigenvalue weighted by molar-refractivity contribution is 7.13. The summed E-state index contributed by atoms with van der Waals surface area (Å²) in [6.07, 6.45) is 2.05. The molecule has 1 aromatic carbocycles. The van der Waals surface area contributed by atoms with E-state index >= 15 is 0 Å². The first-order valence-corrected chi connectivity index (χ1v) is 21.8. The number of halogens is 1. The van der Waals surface area contributed by atoms with Gasteiger partial charge in [0.25, 0.3) is 0 Å². The molecule has 2 N–H and O–H groups in total. The Bertz CT molecular complexity index is 2040. The predicted molar refractivity (Wildman–Crippen MR) is 225 cm³/mol. The number of likely N-dealkylation sites (tertiary alicyclic amines) is 1. The number of alkyl carbamates (subject to hydrolysis) is 1. The minimum atomic E-state index is -1.18. The first-order valence-electron chi connectivity index (χ1n) is 20.5. The number of pyridine rings is 1. The monoisotopic (exact) mass is 855 g/mol. The average molecular weight is 856 g/mol. The van der Waals surface area contributed by atoms with E-state index in [1.165, 1.54) is 23.3 Å². The van der Waals surface area contributed by atoms with E-state index in [4.69, 9.17) is 45.3 Å². The molecule has 322 valence electrons. The summed E-state index contributed by atoms with van der Waals surface area (Å²) in [5.74, 6) is -0.116. The van der Waals surface area contributed by atoms with Crippen molar-refractivity contribution < 1.29 is 42.9 Å². The minimum absolute atomic E-state index is 0.00262. The Balaban J connectivity index is 1.35. The maximum atomic E-state index is 14.8. The van der Waals surface area contributed by atoms with Gasteiger partial charge in [-0.15, -0.1) is 11.3 Å². The lowest BCUT2D eigenvalue weighted by Gasteiger charge is -2.35. The molecule has 2 saturated carbocycles. The van der Waals surface area contributed by atoms with Crippen LogP contribution in [0.1, 0.15) is 98.6 Å². The van der Waals surface area contributed by atoms with Crippen molar-refractivity contribution in [2.24, 2.45) is 17.3 Å². The van der Waals surface area contributed by atoms with E-state index in [9.17, 15) is 19.2 Å². The van der Waals surface area contributed by atoms with Crippen LogP contribution >= 0.6 is 22.9 Å². The lowest BCUT2D eigenvalue weighted by Crippen LogP contribution is -2.59. The van der Waals surface area contributed by atoms with E-state index in [1.807, 2.05) is 39.1 Å². The third-order valence-corrected chi connectivity index (χ3v) is 12.9. The smallest absolute Gasteiger partial charge is 0.408 e. The van der Waals surface area contributed by atoms with E-state index in [1.54, 1.807) is 19.2 Å². The van der Waals surface area contributed by atoms with Crippen LogP contribution in [0, 0.1) is 17.3 Å². The molecule has 7 atom stereocenters. The number of fused-ring (bicyclic) bond motifs is 1. The Morgan fingerprint density at radius 2 is 1.81 bits per heavy atom. The largest absolute Gasteiger partial charge is 0.490 e. The first kappa shape index (κ1) is 44.3. The third-order valence-electron chi connectivity index (χ3n) is 11.7. The number of benzene rings is 1. The second-order valence-corrected chi connectivity index (χ2v) is 18.7. The molecular formula is C43H58ClN5O9S. The number of nitrogens with one attached hydrogen (secondary N) is 2. The summed E-state index contributed by atoms with van der Waals surface area (Å²) in [7, 11) is 2.88. The molecule has 0 unspecified atom stereocenters. The molecule has 3 aromatic rings. The van der Waals surface area contributed by atoms with Crippen LogP contribution in [0.25, 0.3) is 21.6 Å². The molecule has 0 radical (unpaired) electrons. The normalized spacial score (nSPS) is 24.5. The first-order chi connectivity index (χ1) is 28.0. The molecule has 3 heterocycles. The number of nitrogens with zero attached hydrogens (tertiary/aromatic N) is 3. The number of ether oxygens (including phenoxy) is 5. The van der Waals surface area contributed by atoms with Gasteiger partial charge in [0, 0.05) is 30.4 Å². The molecule has 16 heteroatoms. The number of esters is 1. The van der Waals surface area contributed by atoms with Crippen LogP contribution in [-0.2, 0) is 28.6 Å². The highest BCUT2D eigenvalue weighted by Gasteiger charge is 2.62. The van der Waals surface area contributed by atoms with Gasteiger partial charge >= 0.3 is 12.1 Å². The quantitative estimate of drug-likeness (QED) is 0.116. The number of carbonyl (C=O) groups is 4. The highest BCUT2D eigenvalue weighted by atomic mass is 35.5. The maximum absolute atomic E-state index is 14.8. The molecule has 2 aliphatic carbocycles. The van der Waals surface area contributed by atoms with Crippen molar-refractivity contribution in [1.29, 1.82) is 0 Å². The number of amides is 3. The molecule has 3 aliphatic rings. The van der Waals surface area contributed by atoms with E-state index in [-0.39, 0.29) is 42.5 Å². The number of aromatic nitrogens is 2. The van der Waals surface area contributed by atoms with Crippen molar-refractivity contribution in [3.63, 3.8) is 0 Å². The van der Waals surface area contributed by atoms with Crippen molar-refractivity contribution in [2.45, 2.75) is 123 Å². The van der Waals surface area contributed by atoms with Crippen LogP contribution in [0.2, 0.25) is 5.02 Å². The van der Waals surface area contributed by atoms with E-state index in [0.717, 1.165) is 25.0 Å². The summed E-state index contributed by atoms with van der Waals surface area (Å²) in [4.78, 5) is 66.8. The zero-order valence-corrected chi connectivity index (χ0v) is 37.1. The number of methoxy groups -OCH3 is 2. The molecule has 3 fully saturated rings. The van der Waals surface area contributed by atoms with Crippen molar-refractivity contribution in [3.05, 3.63) is 34.3 Å². The summed E-state index contributed by atoms with van der Waals surface area (Å²) in [6, 6.07) is 3.26. The molecule has 1 saturated heterocycles. The lowest BCUT2D eigenvalue weighted by atomic mass is 9.85. The van der Waals surface area contributed by atoms with Crippen molar-refractivity contribution in [2.75, 3.05) is 34.0 Å². The summed E-state index contributed by atoms with van der Waals surface area (Å²) in [5, 5.41) is 9.36. The SMILES string of the molecule is CC[C@@H]1C[C@]1(NC(=O)[C@@H]1C[C@@H](Oc2cc(-c3nc(C(C)C)cs3)nc3c(Cl)c(OCCOC)ccc23)CN1C(=O)[C@@H](NC(=O)O[C@H]1CC[C@@H](C)C1)C(C)(C)C)C(=O)OC. The van der Waals surface area contributed by atoms with Crippen LogP contribution in [0.4, 0.5) is 4.79 Å². The van der Waals surface area contributed by atoms with Gasteiger partial charge in [-0.25, -0.2) is 19.6 Å². The number of rotatable bonds is 15. The third kappa shape index (κ3) is 9.73. The highest BCUT2D eigenvalue weighted by Crippen LogP contribution is 2.47. The van der Waals surface area contributed by atoms with Crippen molar-refractivity contribution in [1.82, 2.24) is 25.5 Å². The zero-order valence-electron chi connectivity index (χ0n) is 35.5. The van der Waals surface area contributed by atoms with Gasteiger partial charge in [0.2, 0.25) is 11.8 Å². The Hall–Kier alpha value is -4.21. The molecule has 3 amide bonds. The van der Waals surface area contributed by atoms with Crippen LogP contribution in [0.3, 0.4) is 0 Å². The Kier molecular flexibility index (Phi) is 13.7. The van der Waals surface area contributed by atoms with E-state index < -0.39 is 53.0 Å². The van der Waals surface area contributed by atoms with Gasteiger partial charge < -0.3 is 39.2 Å². The molecule has 14 nitrogen and oxygen atoms in total. The molecule has 1 aliphatic heterocycles. The Morgan fingerprint density at radius 1 is 1.05 bits per heavy atom. The number of hydrogen-bond donors (Lipinski definition) is 2. The maximum Gasteiger partial charge on any atom is 0.408 e. The summed E-state index contributed by atoms with van der Waals surface area (Å²) >= 11 is 8.43. The molecular weight excluding hydrogens is 798 g/mol. The number of thiazole rings is 1. The number of carbonyl (C=O) groups excluding carboxylic acids is 4. The Labute approximate surface area is 355 Å². The lowest BCUT2D eigenvalue weighted by molar-refractivity contribution is -0.148. The summed E-state index contributed by atoms with van der Waals surface area (Å²) < 4.78 is 28.8. The van der Waals surface area contributed by atoms with Crippen molar-refractivity contribution >= 4 is 57.7 Å². The van der Waals surface area contributed by atoms with Gasteiger partial charge in [-0.2, -0.15) is 0 Å². The van der Waals surface area contributed by atoms with Gasteiger partial charge in [-0.05, 0) is 61.0 Å². The summed E-state index contributed by atoms with van der Waals surface area (Å²) in [6.45, 7) is 14.4. The molecule has 2 aromatic heterocycles. The van der Waals surface area contributed by atoms with Crippen LogP contribution in [0.5, 0.6) is 11.5 Å². The van der Waals surface area contributed by atoms with Crippen LogP contribution < -0.4 is 20.1 Å². The van der Waals surface area contributed by atoms with Gasteiger partial charge in [0.15, 0.2) is 0 Å². The molecule has 6 rings (SSSR count). The average Bonchev–Trinajstić information content (AvgIpc) is 3.56. The minimum Gasteiger partial charge on any atom is -0.490 e. The van der Waals surface area contributed by atoms with E-state index in [2.05, 4.69) is 31.4 Å².